The number of rotatable bonds is 4. The number of amides is 3. The molecule has 8 nitrogen and oxygen atoms in total. The molecule has 3 heterocycles. The smallest absolute Gasteiger partial charge is 0.314 e. The van der Waals surface area contributed by atoms with Crippen LogP contribution in [0.3, 0.4) is 0 Å². The van der Waals surface area contributed by atoms with Gasteiger partial charge in [-0.25, -0.2) is 10.3 Å². The van der Waals surface area contributed by atoms with E-state index in [9.17, 15) is 9.59 Å². The van der Waals surface area contributed by atoms with Crippen LogP contribution in [0.25, 0.3) is 0 Å². The summed E-state index contributed by atoms with van der Waals surface area (Å²) in [5.41, 5.74) is 2.49. The molecule has 0 aromatic carbocycles. The van der Waals surface area contributed by atoms with E-state index in [-0.39, 0.29) is 24.1 Å². The third kappa shape index (κ3) is 2.48. The average Bonchev–Trinajstić information content (AvgIpc) is 3.05. The Hall–Kier alpha value is -0.950. The van der Waals surface area contributed by atoms with Crippen LogP contribution < -0.4 is 10.8 Å². The lowest BCUT2D eigenvalue weighted by atomic mass is 10.0. The van der Waals surface area contributed by atoms with Crippen molar-refractivity contribution in [2.75, 3.05) is 19.6 Å². The molecule has 112 valence electrons. The van der Waals surface area contributed by atoms with Gasteiger partial charge in [0.1, 0.15) is 6.04 Å². The topological polar surface area (TPSA) is 83.1 Å². The molecule has 20 heavy (non-hydrogen) atoms. The lowest BCUT2D eigenvalue weighted by Gasteiger charge is -2.29. The molecule has 2 N–H and O–H groups in total. The normalized spacial score (nSPS) is 32.9. The highest BCUT2D eigenvalue weighted by Crippen LogP contribution is 2.30. The summed E-state index contributed by atoms with van der Waals surface area (Å²) in [5.74, 6) is -0.255. The van der Waals surface area contributed by atoms with Crippen LogP contribution in [0, 0.1) is 0 Å². The van der Waals surface area contributed by atoms with E-state index in [1.807, 2.05) is 0 Å². The number of hydrogen-bond donors (Lipinski definition) is 2. The molecule has 9 heteroatoms. The SMILES string of the molecule is O=C(NO[C@H]1CCNC1)[C@@H]1CC[C@H]2CN1C(=O)N2OP. The van der Waals surface area contributed by atoms with Gasteiger partial charge in [0.25, 0.3) is 5.91 Å². The number of nitrogens with one attached hydrogen (secondary N) is 2. The molecule has 3 amide bonds. The van der Waals surface area contributed by atoms with E-state index in [0.29, 0.717) is 13.0 Å². The monoisotopic (exact) mass is 302 g/mol. The molecular formula is C11H19N4O4P. The summed E-state index contributed by atoms with van der Waals surface area (Å²) < 4.78 is 4.99. The Morgan fingerprint density at radius 1 is 1.40 bits per heavy atom. The van der Waals surface area contributed by atoms with E-state index in [4.69, 9.17) is 9.46 Å². The molecule has 0 aromatic rings. The van der Waals surface area contributed by atoms with E-state index in [0.717, 1.165) is 25.9 Å². The standard InChI is InChI=1S/C11H19N4O4P/c16-10(13-18-8-3-4-12-5-8)9-2-1-7-6-14(9)11(17)15(7)19-20/h7-9,12H,1-6,20H2,(H,13,16)/t7-,8-,9-/m0/s1. The second-order valence-electron chi connectivity index (χ2n) is 5.31. The number of carbonyl (C=O) groups is 2. The van der Waals surface area contributed by atoms with Crippen LogP contribution >= 0.6 is 9.47 Å². The Bertz CT molecular complexity index is 404. The quantitative estimate of drug-likeness (QED) is 0.534. The van der Waals surface area contributed by atoms with Crippen LogP contribution in [-0.2, 0) is 14.3 Å². The summed E-state index contributed by atoms with van der Waals surface area (Å²) in [5, 5.41) is 4.48. The number of urea groups is 1. The number of fused-ring (bicyclic) bond motifs is 2. The predicted molar refractivity (Wildman–Crippen MR) is 72.0 cm³/mol. The van der Waals surface area contributed by atoms with Crippen molar-refractivity contribution in [2.24, 2.45) is 0 Å². The minimum Gasteiger partial charge on any atom is -0.314 e. The first-order valence-electron chi connectivity index (χ1n) is 6.83. The fourth-order valence-electron chi connectivity index (χ4n) is 2.98. The lowest BCUT2D eigenvalue weighted by Crippen LogP contribution is -2.50. The molecule has 0 spiro atoms. The summed E-state index contributed by atoms with van der Waals surface area (Å²) >= 11 is 0. The lowest BCUT2D eigenvalue weighted by molar-refractivity contribution is -0.142. The first kappa shape index (κ1) is 14.0. The van der Waals surface area contributed by atoms with Gasteiger partial charge in [0.05, 0.1) is 12.1 Å². The molecule has 1 unspecified atom stereocenters. The molecule has 3 saturated heterocycles. The van der Waals surface area contributed by atoms with Crippen LogP contribution in [0.15, 0.2) is 0 Å². The van der Waals surface area contributed by atoms with Crippen LogP contribution in [0.2, 0.25) is 0 Å². The third-order valence-corrected chi connectivity index (χ3v) is 4.31. The molecule has 0 aliphatic carbocycles. The summed E-state index contributed by atoms with van der Waals surface area (Å²) in [6.07, 6.45) is 2.26. The zero-order valence-electron chi connectivity index (χ0n) is 11.1. The van der Waals surface area contributed by atoms with E-state index in [2.05, 4.69) is 20.3 Å². The molecule has 2 bridgehead atoms. The highest BCUT2D eigenvalue weighted by atomic mass is 31.0. The number of piperidine rings is 1. The number of hydroxylamine groups is 3. The second kappa shape index (κ2) is 5.81. The van der Waals surface area contributed by atoms with E-state index >= 15 is 0 Å². The van der Waals surface area contributed by atoms with Crippen LogP contribution in [0.4, 0.5) is 4.79 Å². The second-order valence-corrected chi connectivity index (χ2v) is 5.52. The third-order valence-electron chi connectivity index (χ3n) is 4.08. The van der Waals surface area contributed by atoms with Gasteiger partial charge in [0.15, 0.2) is 0 Å². The molecule has 3 aliphatic rings. The summed E-state index contributed by atoms with van der Waals surface area (Å²) in [4.78, 5) is 31.2. The Morgan fingerprint density at radius 3 is 2.95 bits per heavy atom. The largest absolute Gasteiger partial charge is 0.345 e. The maximum atomic E-state index is 12.2. The van der Waals surface area contributed by atoms with Crippen LogP contribution in [0.1, 0.15) is 19.3 Å². The Balaban J connectivity index is 1.57. The van der Waals surface area contributed by atoms with Gasteiger partial charge < -0.3 is 10.2 Å². The van der Waals surface area contributed by atoms with Gasteiger partial charge >= 0.3 is 6.03 Å². The fourth-order valence-corrected chi connectivity index (χ4v) is 3.24. The van der Waals surface area contributed by atoms with Crippen molar-refractivity contribution in [3.63, 3.8) is 0 Å². The highest BCUT2D eigenvalue weighted by molar-refractivity contribution is 7.09. The van der Waals surface area contributed by atoms with Crippen molar-refractivity contribution in [1.82, 2.24) is 20.8 Å². The van der Waals surface area contributed by atoms with E-state index in [1.54, 1.807) is 4.90 Å². The Morgan fingerprint density at radius 2 is 2.25 bits per heavy atom. The molecule has 0 radical (unpaired) electrons. The Kier molecular flexibility index (Phi) is 4.07. The van der Waals surface area contributed by atoms with Crippen molar-refractivity contribution in [3.8, 4) is 0 Å². The van der Waals surface area contributed by atoms with Crippen molar-refractivity contribution in [3.05, 3.63) is 0 Å². The first-order chi connectivity index (χ1) is 9.70. The van der Waals surface area contributed by atoms with Gasteiger partial charge in [0, 0.05) is 22.6 Å². The van der Waals surface area contributed by atoms with E-state index in [1.165, 1.54) is 5.06 Å². The molecule has 0 saturated carbocycles. The summed E-state index contributed by atoms with van der Waals surface area (Å²) in [7, 11) is 2.08. The Labute approximate surface area is 119 Å². The molecule has 0 aromatic heterocycles. The van der Waals surface area contributed by atoms with Gasteiger partial charge in [-0.05, 0) is 25.8 Å². The van der Waals surface area contributed by atoms with Gasteiger partial charge in [-0.3, -0.25) is 14.3 Å². The number of nitrogens with zero attached hydrogens (tertiary/aromatic N) is 2. The molecule has 3 rings (SSSR count). The van der Waals surface area contributed by atoms with Gasteiger partial charge in [-0.1, -0.05) is 0 Å². The maximum absolute atomic E-state index is 12.2. The molecule has 3 aliphatic heterocycles. The van der Waals surface area contributed by atoms with Crippen LogP contribution in [0.5, 0.6) is 0 Å². The van der Waals surface area contributed by atoms with Crippen molar-refractivity contribution < 1.29 is 19.1 Å². The van der Waals surface area contributed by atoms with Crippen molar-refractivity contribution in [2.45, 2.75) is 37.5 Å². The molecule has 4 atom stereocenters. The fraction of sp³-hybridized carbons (Fsp3) is 0.818. The minimum atomic E-state index is -0.474. The van der Waals surface area contributed by atoms with Crippen molar-refractivity contribution in [1.29, 1.82) is 0 Å². The summed E-state index contributed by atoms with van der Waals surface area (Å²) in [6, 6.07) is -0.701. The zero-order valence-corrected chi connectivity index (χ0v) is 12.2. The summed E-state index contributed by atoms with van der Waals surface area (Å²) in [6.45, 7) is 2.16. The minimum absolute atomic E-state index is 0.0106. The van der Waals surface area contributed by atoms with E-state index < -0.39 is 6.04 Å². The zero-order chi connectivity index (χ0) is 14.1. The first-order valence-corrected chi connectivity index (χ1v) is 7.30. The number of hydrogen-bond acceptors (Lipinski definition) is 5. The predicted octanol–water partition coefficient (Wildman–Crippen LogP) is -0.614. The molecule has 3 fully saturated rings. The highest BCUT2D eigenvalue weighted by Gasteiger charge is 2.47. The average molecular weight is 302 g/mol. The van der Waals surface area contributed by atoms with Gasteiger partial charge in [0.2, 0.25) is 0 Å². The van der Waals surface area contributed by atoms with Crippen molar-refractivity contribution >= 4 is 21.4 Å². The van der Waals surface area contributed by atoms with Gasteiger partial charge in [-0.2, -0.15) is 5.06 Å². The molecular weight excluding hydrogens is 283 g/mol. The van der Waals surface area contributed by atoms with Crippen LogP contribution in [-0.4, -0.2) is 59.7 Å². The van der Waals surface area contributed by atoms with Gasteiger partial charge in [-0.15, -0.1) is 0 Å². The number of carbonyl (C=O) groups excluding carboxylic acids is 2. The maximum Gasteiger partial charge on any atom is 0.345 e.